The first-order valence-corrected chi connectivity index (χ1v) is 8.85. The van der Waals surface area contributed by atoms with Crippen molar-refractivity contribution >= 4 is 17.8 Å². The third-order valence-corrected chi connectivity index (χ3v) is 5.61. The molecule has 2 atom stereocenters. The Hall–Kier alpha value is -1.59. The van der Waals surface area contributed by atoms with E-state index >= 15 is 0 Å². The lowest BCUT2D eigenvalue weighted by Crippen LogP contribution is -2.51. The number of hydrogen-bond acceptors (Lipinski definition) is 3. The maximum atomic E-state index is 12.3. The summed E-state index contributed by atoms with van der Waals surface area (Å²) in [6, 6.07) is 0. The lowest BCUT2D eigenvalue weighted by molar-refractivity contribution is -0.143. The summed E-state index contributed by atoms with van der Waals surface area (Å²) >= 11 is 0. The molecule has 0 aromatic rings. The van der Waals surface area contributed by atoms with Crippen LogP contribution in [0.2, 0.25) is 0 Å². The summed E-state index contributed by atoms with van der Waals surface area (Å²) in [5.74, 6) is -0.811. The number of carboxylic acid groups (broad SMARTS) is 1. The van der Waals surface area contributed by atoms with Crippen molar-refractivity contribution in [3.05, 3.63) is 0 Å². The Labute approximate surface area is 136 Å². The van der Waals surface area contributed by atoms with Crippen LogP contribution >= 0.6 is 0 Å². The minimum absolute atomic E-state index is 0.0459. The fourth-order valence-corrected chi connectivity index (χ4v) is 3.94. The normalized spacial score (nSPS) is 28.0. The van der Waals surface area contributed by atoms with Crippen LogP contribution in [0, 0.1) is 17.8 Å². The molecular formula is C17H26N2O4. The van der Waals surface area contributed by atoms with Crippen LogP contribution in [0.4, 0.5) is 0 Å². The van der Waals surface area contributed by atoms with Gasteiger partial charge in [0.25, 0.3) is 0 Å². The Kier molecular flexibility index (Phi) is 4.87. The molecule has 128 valence electrons. The molecule has 2 aliphatic carbocycles. The van der Waals surface area contributed by atoms with Crippen molar-refractivity contribution in [3.8, 4) is 0 Å². The van der Waals surface area contributed by atoms with Crippen LogP contribution in [0.1, 0.15) is 44.9 Å². The first-order chi connectivity index (χ1) is 11.1. The van der Waals surface area contributed by atoms with Crippen LogP contribution in [0.5, 0.6) is 0 Å². The first-order valence-electron chi connectivity index (χ1n) is 8.85. The van der Waals surface area contributed by atoms with E-state index < -0.39 is 11.9 Å². The van der Waals surface area contributed by atoms with E-state index in [0.29, 0.717) is 39.0 Å². The molecule has 0 spiro atoms. The third kappa shape index (κ3) is 3.85. The van der Waals surface area contributed by atoms with Gasteiger partial charge in [-0.15, -0.1) is 0 Å². The Morgan fingerprint density at radius 3 is 2.09 bits per heavy atom. The minimum atomic E-state index is -0.871. The minimum Gasteiger partial charge on any atom is -0.481 e. The van der Waals surface area contributed by atoms with Gasteiger partial charge < -0.3 is 14.9 Å². The maximum Gasteiger partial charge on any atom is 0.307 e. The molecule has 1 heterocycles. The Morgan fingerprint density at radius 1 is 0.913 bits per heavy atom. The average molecular weight is 322 g/mol. The van der Waals surface area contributed by atoms with Crippen molar-refractivity contribution in [1.82, 2.24) is 9.80 Å². The third-order valence-electron chi connectivity index (χ3n) is 5.61. The largest absolute Gasteiger partial charge is 0.481 e. The molecule has 0 aromatic carbocycles. The van der Waals surface area contributed by atoms with Gasteiger partial charge in [-0.2, -0.15) is 0 Å². The van der Waals surface area contributed by atoms with Crippen LogP contribution in [0.25, 0.3) is 0 Å². The zero-order chi connectivity index (χ0) is 16.4. The Balaban J connectivity index is 1.38. The first kappa shape index (κ1) is 16.3. The number of hydrogen-bond donors (Lipinski definition) is 1. The van der Waals surface area contributed by atoms with E-state index in [9.17, 15) is 14.4 Å². The molecule has 6 heteroatoms. The summed E-state index contributed by atoms with van der Waals surface area (Å²) in [4.78, 5) is 38.9. The lowest BCUT2D eigenvalue weighted by Gasteiger charge is -2.35. The lowest BCUT2D eigenvalue weighted by atomic mass is 10.0. The quantitative estimate of drug-likeness (QED) is 0.829. The van der Waals surface area contributed by atoms with E-state index in [1.54, 1.807) is 4.90 Å². The highest BCUT2D eigenvalue weighted by Gasteiger charge is 2.50. The summed E-state index contributed by atoms with van der Waals surface area (Å²) in [6.07, 6.45) is 7.23. The number of aliphatic carboxylic acids is 1. The van der Waals surface area contributed by atoms with Crippen molar-refractivity contribution in [1.29, 1.82) is 0 Å². The molecular weight excluding hydrogens is 296 g/mol. The number of carboxylic acids is 1. The second kappa shape index (κ2) is 6.89. The van der Waals surface area contributed by atoms with Gasteiger partial charge in [-0.3, -0.25) is 14.4 Å². The molecule has 3 fully saturated rings. The van der Waals surface area contributed by atoms with E-state index in [-0.39, 0.29) is 17.7 Å². The summed E-state index contributed by atoms with van der Waals surface area (Å²) in [5.41, 5.74) is 0. The van der Waals surface area contributed by atoms with Gasteiger partial charge in [-0.1, -0.05) is 25.7 Å². The molecule has 0 bridgehead atoms. The summed E-state index contributed by atoms with van der Waals surface area (Å²) in [6.45, 7) is 2.24. The Bertz CT molecular complexity index is 479. The highest BCUT2D eigenvalue weighted by Crippen LogP contribution is 2.40. The van der Waals surface area contributed by atoms with Crippen LogP contribution in [0.15, 0.2) is 0 Å². The fraction of sp³-hybridized carbons (Fsp3) is 0.824. The highest BCUT2D eigenvalue weighted by atomic mass is 16.4. The van der Waals surface area contributed by atoms with Crippen molar-refractivity contribution in [3.63, 3.8) is 0 Å². The molecule has 2 unspecified atom stereocenters. The molecule has 23 heavy (non-hydrogen) atoms. The molecule has 0 aromatic heterocycles. The smallest absolute Gasteiger partial charge is 0.307 e. The van der Waals surface area contributed by atoms with E-state index in [2.05, 4.69) is 0 Å². The van der Waals surface area contributed by atoms with Gasteiger partial charge >= 0.3 is 5.97 Å². The zero-order valence-electron chi connectivity index (χ0n) is 13.6. The number of nitrogens with zero attached hydrogens (tertiary/aromatic N) is 2. The van der Waals surface area contributed by atoms with Gasteiger partial charge in [0.2, 0.25) is 11.8 Å². The second-order valence-electron chi connectivity index (χ2n) is 7.18. The van der Waals surface area contributed by atoms with Gasteiger partial charge in [-0.05, 0) is 18.8 Å². The van der Waals surface area contributed by atoms with E-state index in [0.717, 1.165) is 12.3 Å². The van der Waals surface area contributed by atoms with Gasteiger partial charge in [0.15, 0.2) is 0 Å². The topological polar surface area (TPSA) is 77.9 Å². The monoisotopic (exact) mass is 322 g/mol. The predicted octanol–water partition coefficient (Wildman–Crippen LogP) is 1.35. The van der Waals surface area contributed by atoms with Crippen LogP contribution in [0.3, 0.4) is 0 Å². The number of piperazine rings is 1. The zero-order valence-corrected chi connectivity index (χ0v) is 13.6. The van der Waals surface area contributed by atoms with Crippen LogP contribution < -0.4 is 0 Å². The molecule has 2 saturated carbocycles. The van der Waals surface area contributed by atoms with E-state index in [4.69, 9.17) is 5.11 Å². The van der Waals surface area contributed by atoms with Crippen molar-refractivity contribution in [2.45, 2.75) is 44.9 Å². The SMILES string of the molecule is O=C(O)C1CC1C(=O)N1CCN(C(=O)CCC2CCCC2)CC1. The average Bonchev–Trinajstić information content (AvgIpc) is 3.20. The number of carbonyl (C=O) groups is 3. The standard InChI is InChI=1S/C17H26N2O4/c20-15(6-5-12-3-1-2-4-12)18-7-9-19(10-8-18)16(21)13-11-14(13)17(22)23/h12-14H,1-11H2,(H,22,23). The molecule has 6 nitrogen and oxygen atoms in total. The maximum absolute atomic E-state index is 12.3. The fourth-order valence-electron chi connectivity index (χ4n) is 3.94. The molecule has 3 rings (SSSR count). The van der Waals surface area contributed by atoms with Crippen LogP contribution in [-0.2, 0) is 14.4 Å². The van der Waals surface area contributed by atoms with E-state index in [1.807, 2.05) is 4.90 Å². The molecule has 1 saturated heterocycles. The van der Waals surface area contributed by atoms with Gasteiger partial charge in [0.05, 0.1) is 11.8 Å². The second-order valence-corrected chi connectivity index (χ2v) is 7.18. The van der Waals surface area contributed by atoms with Gasteiger partial charge in [-0.25, -0.2) is 0 Å². The van der Waals surface area contributed by atoms with Gasteiger partial charge in [0.1, 0.15) is 0 Å². The molecule has 3 aliphatic rings. The van der Waals surface area contributed by atoms with Crippen molar-refractivity contribution in [2.24, 2.45) is 17.8 Å². The predicted molar refractivity (Wildman–Crippen MR) is 83.6 cm³/mol. The summed E-state index contributed by atoms with van der Waals surface area (Å²) in [5, 5.41) is 8.91. The number of carbonyl (C=O) groups excluding carboxylic acids is 2. The number of rotatable bonds is 5. The molecule has 1 N–H and O–H groups in total. The van der Waals surface area contributed by atoms with Crippen molar-refractivity contribution in [2.75, 3.05) is 26.2 Å². The molecule has 1 aliphatic heterocycles. The molecule has 0 radical (unpaired) electrons. The summed E-state index contributed by atoms with van der Waals surface area (Å²) < 4.78 is 0. The Morgan fingerprint density at radius 2 is 1.52 bits per heavy atom. The summed E-state index contributed by atoms with van der Waals surface area (Å²) in [7, 11) is 0. The number of amides is 2. The van der Waals surface area contributed by atoms with E-state index in [1.165, 1.54) is 25.7 Å². The van der Waals surface area contributed by atoms with Gasteiger partial charge in [0, 0.05) is 32.6 Å². The molecule has 2 amide bonds. The van der Waals surface area contributed by atoms with Crippen molar-refractivity contribution < 1.29 is 19.5 Å². The highest BCUT2D eigenvalue weighted by molar-refractivity contribution is 5.89. The van der Waals surface area contributed by atoms with Crippen LogP contribution in [-0.4, -0.2) is 58.9 Å².